The first-order valence-corrected chi connectivity index (χ1v) is 10.1. The van der Waals surface area contributed by atoms with Crippen LogP contribution in [0.3, 0.4) is 0 Å². The van der Waals surface area contributed by atoms with E-state index in [2.05, 4.69) is 15.5 Å². The summed E-state index contributed by atoms with van der Waals surface area (Å²) in [5, 5.41) is 44.5. The van der Waals surface area contributed by atoms with Crippen LogP contribution in [0.4, 0.5) is 0 Å². The number of nitrogens with one attached hydrogen (secondary N) is 2. The van der Waals surface area contributed by atoms with Crippen molar-refractivity contribution in [2.75, 3.05) is 26.2 Å². The minimum Gasteiger partial charge on any atom is -0.507 e. The summed E-state index contributed by atoms with van der Waals surface area (Å²) < 4.78 is 0. The van der Waals surface area contributed by atoms with Gasteiger partial charge in [-0.05, 0) is 35.7 Å². The first kappa shape index (κ1) is 22.8. The summed E-state index contributed by atoms with van der Waals surface area (Å²) in [6.45, 7) is 4.63. The highest BCUT2D eigenvalue weighted by molar-refractivity contribution is 6.43. The van der Waals surface area contributed by atoms with Gasteiger partial charge >= 0.3 is 13.1 Å². The molecule has 0 saturated carbocycles. The molecule has 0 spiro atoms. The van der Waals surface area contributed by atoms with Crippen molar-refractivity contribution in [1.82, 2.24) is 15.5 Å². The predicted octanol–water partition coefficient (Wildman–Crippen LogP) is -0.151. The molecule has 2 aromatic rings. The number of amides is 1. The third-order valence-electron chi connectivity index (χ3n) is 5.30. The summed E-state index contributed by atoms with van der Waals surface area (Å²) in [5.41, 5.74) is 1.32. The van der Waals surface area contributed by atoms with Crippen molar-refractivity contribution in [3.8, 4) is 5.75 Å². The standard InChI is InChI=1S/C21H26BN3O6/c26-19-16(2-1-3-17(19)21(28)29)12-18(22(30)31)24-20(27)15-6-4-14(5-7-15)13-25-10-8-23-9-11-25/h1-7,18,23,26,30-31H,8-13H2,(H,24,27)(H,28,29). The fourth-order valence-corrected chi connectivity index (χ4v) is 3.54. The number of piperazine rings is 1. The zero-order valence-electron chi connectivity index (χ0n) is 17.0. The second-order valence-corrected chi connectivity index (χ2v) is 7.54. The second kappa shape index (κ2) is 10.4. The number of benzene rings is 2. The molecule has 0 bridgehead atoms. The fourth-order valence-electron chi connectivity index (χ4n) is 3.54. The van der Waals surface area contributed by atoms with Crippen molar-refractivity contribution >= 4 is 19.0 Å². The van der Waals surface area contributed by atoms with E-state index >= 15 is 0 Å². The van der Waals surface area contributed by atoms with Gasteiger partial charge in [-0.1, -0.05) is 24.3 Å². The van der Waals surface area contributed by atoms with Gasteiger partial charge in [0.25, 0.3) is 5.91 Å². The number of hydrogen-bond donors (Lipinski definition) is 6. The number of aromatic hydroxyl groups is 1. The van der Waals surface area contributed by atoms with E-state index in [0.29, 0.717) is 5.56 Å². The van der Waals surface area contributed by atoms with Crippen LogP contribution < -0.4 is 10.6 Å². The van der Waals surface area contributed by atoms with Gasteiger partial charge in [0.15, 0.2) is 0 Å². The van der Waals surface area contributed by atoms with E-state index in [0.717, 1.165) is 38.3 Å². The van der Waals surface area contributed by atoms with E-state index in [9.17, 15) is 24.7 Å². The lowest BCUT2D eigenvalue weighted by Gasteiger charge is -2.27. The van der Waals surface area contributed by atoms with Crippen molar-refractivity contribution in [3.63, 3.8) is 0 Å². The second-order valence-electron chi connectivity index (χ2n) is 7.54. The average Bonchev–Trinajstić information content (AvgIpc) is 2.75. The van der Waals surface area contributed by atoms with Crippen molar-refractivity contribution in [2.24, 2.45) is 0 Å². The van der Waals surface area contributed by atoms with Gasteiger partial charge in [-0.2, -0.15) is 0 Å². The molecule has 31 heavy (non-hydrogen) atoms. The maximum Gasteiger partial charge on any atom is 0.475 e. The Kier molecular flexibility index (Phi) is 7.64. The number of nitrogens with zero attached hydrogens (tertiary/aromatic N) is 1. The van der Waals surface area contributed by atoms with Crippen molar-refractivity contribution < 1.29 is 29.9 Å². The summed E-state index contributed by atoms with van der Waals surface area (Å²) in [7, 11) is -1.90. The number of para-hydroxylation sites is 1. The number of carboxylic acids is 1. The molecule has 2 aromatic carbocycles. The van der Waals surface area contributed by atoms with Gasteiger partial charge in [-0.15, -0.1) is 0 Å². The van der Waals surface area contributed by atoms with Gasteiger partial charge in [-0.3, -0.25) is 9.69 Å². The number of aromatic carboxylic acids is 1. The number of hydrogen-bond acceptors (Lipinski definition) is 7. The Morgan fingerprint density at radius 2 is 1.77 bits per heavy atom. The smallest absolute Gasteiger partial charge is 0.475 e. The molecule has 9 nitrogen and oxygen atoms in total. The first-order chi connectivity index (χ1) is 14.8. The lowest BCUT2D eigenvalue weighted by molar-refractivity contribution is 0.0693. The topological polar surface area (TPSA) is 142 Å². The maximum atomic E-state index is 12.6. The molecule has 6 N–H and O–H groups in total. The highest BCUT2D eigenvalue weighted by atomic mass is 16.4. The molecule has 1 unspecified atom stereocenters. The van der Waals surface area contributed by atoms with E-state index in [-0.39, 0.29) is 17.5 Å². The lowest BCUT2D eigenvalue weighted by Crippen LogP contribution is -2.47. The number of rotatable bonds is 8. The van der Waals surface area contributed by atoms with Gasteiger partial charge in [0.1, 0.15) is 11.3 Å². The van der Waals surface area contributed by atoms with Crippen molar-refractivity contribution in [1.29, 1.82) is 0 Å². The monoisotopic (exact) mass is 427 g/mol. The van der Waals surface area contributed by atoms with Crippen LogP contribution in [0.2, 0.25) is 0 Å². The number of phenols is 1. The Bertz CT molecular complexity index is 916. The lowest BCUT2D eigenvalue weighted by atomic mass is 9.75. The molecular formula is C21H26BN3O6. The Balaban J connectivity index is 1.65. The zero-order chi connectivity index (χ0) is 22.4. The van der Waals surface area contributed by atoms with E-state index in [1.807, 2.05) is 12.1 Å². The quantitative estimate of drug-likeness (QED) is 0.320. The number of carbonyl (C=O) groups excluding carboxylic acids is 1. The average molecular weight is 427 g/mol. The molecule has 1 amide bonds. The molecular weight excluding hydrogens is 401 g/mol. The third kappa shape index (κ3) is 6.05. The summed E-state index contributed by atoms with van der Waals surface area (Å²) in [5.74, 6) is -3.40. The van der Waals surface area contributed by atoms with E-state index in [1.54, 1.807) is 12.1 Å². The summed E-state index contributed by atoms with van der Waals surface area (Å²) in [6.07, 6.45) is -0.155. The zero-order valence-corrected chi connectivity index (χ0v) is 17.0. The van der Waals surface area contributed by atoms with Crippen LogP contribution in [-0.4, -0.2) is 76.3 Å². The van der Waals surface area contributed by atoms with Gasteiger partial charge in [0.05, 0.1) is 5.94 Å². The van der Waals surface area contributed by atoms with Crippen LogP contribution in [0.25, 0.3) is 0 Å². The Hall–Kier alpha value is -2.92. The Labute approximate surface area is 180 Å². The molecule has 1 fully saturated rings. The maximum absolute atomic E-state index is 12.6. The normalized spacial score (nSPS) is 15.3. The van der Waals surface area contributed by atoms with Crippen LogP contribution in [0.1, 0.15) is 31.8 Å². The van der Waals surface area contributed by atoms with E-state index in [1.165, 1.54) is 18.2 Å². The van der Waals surface area contributed by atoms with Crippen LogP contribution in [0.15, 0.2) is 42.5 Å². The van der Waals surface area contributed by atoms with Crippen molar-refractivity contribution in [3.05, 3.63) is 64.7 Å². The summed E-state index contributed by atoms with van der Waals surface area (Å²) in [6, 6.07) is 11.2. The van der Waals surface area contributed by atoms with Crippen LogP contribution >= 0.6 is 0 Å². The molecule has 0 aromatic heterocycles. The molecule has 1 aliphatic heterocycles. The molecule has 1 heterocycles. The van der Waals surface area contributed by atoms with Crippen LogP contribution in [0.5, 0.6) is 5.75 Å². The van der Waals surface area contributed by atoms with Gasteiger partial charge in [0.2, 0.25) is 0 Å². The largest absolute Gasteiger partial charge is 0.507 e. The molecule has 1 atom stereocenters. The molecule has 0 radical (unpaired) electrons. The molecule has 164 valence electrons. The first-order valence-electron chi connectivity index (χ1n) is 10.1. The highest BCUT2D eigenvalue weighted by Crippen LogP contribution is 2.24. The van der Waals surface area contributed by atoms with Crippen LogP contribution in [-0.2, 0) is 13.0 Å². The summed E-state index contributed by atoms with van der Waals surface area (Å²) in [4.78, 5) is 26.1. The molecule has 3 rings (SSSR count). The Morgan fingerprint density at radius 3 is 2.39 bits per heavy atom. The van der Waals surface area contributed by atoms with Gasteiger partial charge in [-0.25, -0.2) is 4.79 Å². The minimum atomic E-state index is -1.90. The number of carboxylic acid groups (broad SMARTS) is 1. The molecule has 1 saturated heterocycles. The molecule has 10 heteroatoms. The van der Waals surface area contributed by atoms with Crippen molar-refractivity contribution in [2.45, 2.75) is 18.9 Å². The van der Waals surface area contributed by atoms with E-state index in [4.69, 9.17) is 5.11 Å². The molecule has 0 aliphatic carbocycles. The minimum absolute atomic E-state index is 0.155. The van der Waals surface area contributed by atoms with Gasteiger partial charge < -0.3 is 30.9 Å². The summed E-state index contributed by atoms with van der Waals surface area (Å²) >= 11 is 0. The highest BCUT2D eigenvalue weighted by Gasteiger charge is 2.28. The third-order valence-corrected chi connectivity index (χ3v) is 5.30. The Morgan fingerprint density at radius 1 is 1.10 bits per heavy atom. The van der Waals surface area contributed by atoms with E-state index < -0.39 is 30.7 Å². The predicted molar refractivity (Wildman–Crippen MR) is 115 cm³/mol. The number of carbonyl (C=O) groups is 2. The van der Waals surface area contributed by atoms with Crippen LogP contribution in [0, 0.1) is 0 Å². The SMILES string of the molecule is O=C(NC(Cc1cccc(C(=O)O)c1O)B(O)O)c1ccc(CN2CCNCC2)cc1. The fraction of sp³-hybridized carbons (Fsp3) is 0.333. The van der Waals surface area contributed by atoms with Gasteiger partial charge in [0, 0.05) is 38.3 Å². The molecule has 1 aliphatic rings.